The van der Waals surface area contributed by atoms with E-state index in [1.807, 2.05) is 6.92 Å². The molecule has 0 saturated heterocycles. The van der Waals surface area contributed by atoms with Gasteiger partial charge in [-0.15, -0.1) is 0 Å². The smallest absolute Gasteiger partial charge is 0.293 e. The Morgan fingerprint density at radius 3 is 2.90 bits per heavy atom. The molecule has 0 aliphatic heterocycles. The zero-order valence-corrected chi connectivity index (χ0v) is 11.9. The van der Waals surface area contributed by atoms with Crippen LogP contribution in [0.4, 0.5) is 0 Å². The van der Waals surface area contributed by atoms with Crippen LogP contribution in [-0.2, 0) is 10.3 Å². The molecule has 20 heavy (non-hydrogen) atoms. The van der Waals surface area contributed by atoms with E-state index in [-0.39, 0.29) is 11.1 Å². The highest BCUT2D eigenvalue weighted by Crippen LogP contribution is 2.27. The molecule has 2 N–H and O–H groups in total. The molecule has 0 aromatic carbocycles. The van der Waals surface area contributed by atoms with Crippen molar-refractivity contribution < 1.29 is 13.7 Å². The van der Waals surface area contributed by atoms with Crippen LogP contribution in [0.1, 0.15) is 32.0 Å². The molecule has 7 heteroatoms. The second-order valence-electron chi connectivity index (χ2n) is 5.31. The number of halogens is 1. The summed E-state index contributed by atoms with van der Waals surface area (Å²) in [5.41, 5.74) is 5.40. The lowest BCUT2D eigenvalue weighted by atomic mass is 9.95. The Labute approximate surface area is 121 Å². The highest BCUT2D eigenvalue weighted by atomic mass is 35.5. The minimum atomic E-state index is -0.798. The van der Waals surface area contributed by atoms with Gasteiger partial charge in [0.1, 0.15) is 5.54 Å². The third-order valence-electron chi connectivity index (χ3n) is 3.39. The first kappa shape index (κ1) is 13.6. The van der Waals surface area contributed by atoms with E-state index < -0.39 is 5.54 Å². The van der Waals surface area contributed by atoms with Crippen LogP contribution in [0.5, 0.6) is 0 Å². The van der Waals surface area contributed by atoms with Crippen molar-refractivity contribution in [2.24, 2.45) is 5.73 Å². The lowest BCUT2D eigenvalue weighted by Gasteiger charge is -2.29. The van der Waals surface area contributed by atoms with E-state index in [2.05, 4.69) is 10.1 Å². The van der Waals surface area contributed by atoms with Gasteiger partial charge >= 0.3 is 0 Å². The van der Waals surface area contributed by atoms with Gasteiger partial charge in [-0.25, -0.2) is 0 Å². The van der Waals surface area contributed by atoms with Gasteiger partial charge in [-0.2, -0.15) is 4.98 Å². The molecule has 1 aliphatic carbocycles. The van der Waals surface area contributed by atoms with Gasteiger partial charge in [0.25, 0.3) is 5.89 Å². The maximum Gasteiger partial charge on any atom is 0.293 e. The monoisotopic (exact) mass is 297 g/mol. The van der Waals surface area contributed by atoms with Crippen molar-refractivity contribution in [3.05, 3.63) is 23.2 Å². The largest absolute Gasteiger partial charge is 0.440 e. The molecule has 0 spiro atoms. The second kappa shape index (κ2) is 5.20. The maximum absolute atomic E-state index is 6.20. The topological polar surface area (TPSA) is 87.3 Å². The van der Waals surface area contributed by atoms with Crippen LogP contribution in [0.25, 0.3) is 11.7 Å². The fraction of sp³-hybridized carbons (Fsp3) is 0.538. The van der Waals surface area contributed by atoms with Crippen molar-refractivity contribution in [2.45, 2.75) is 37.8 Å². The number of hydrogen-bond donors (Lipinski definition) is 1. The Bertz CT molecular complexity index is 589. The first-order chi connectivity index (χ1) is 9.54. The van der Waals surface area contributed by atoms with Gasteiger partial charge in [0.05, 0.1) is 12.7 Å². The number of ether oxygens (including phenoxy) is 1. The second-order valence-corrected chi connectivity index (χ2v) is 5.68. The first-order valence-corrected chi connectivity index (χ1v) is 6.93. The minimum Gasteiger partial charge on any atom is -0.440 e. The third-order valence-corrected chi connectivity index (χ3v) is 3.60. The van der Waals surface area contributed by atoms with Crippen molar-refractivity contribution in [1.82, 2.24) is 10.1 Å². The van der Waals surface area contributed by atoms with Crippen molar-refractivity contribution >= 4 is 11.6 Å². The summed E-state index contributed by atoms with van der Waals surface area (Å²) in [4.78, 5) is 4.25. The van der Waals surface area contributed by atoms with Crippen molar-refractivity contribution in [3.63, 3.8) is 0 Å². The molecule has 1 saturated carbocycles. The van der Waals surface area contributed by atoms with Gasteiger partial charge in [0, 0.05) is 0 Å². The molecule has 1 aliphatic rings. The van der Waals surface area contributed by atoms with Crippen molar-refractivity contribution in [2.75, 3.05) is 6.61 Å². The Hall–Kier alpha value is -1.37. The zero-order valence-electron chi connectivity index (χ0n) is 11.1. The molecule has 0 radical (unpaired) electrons. The number of nitrogens with zero attached hydrogens (tertiary/aromatic N) is 2. The van der Waals surface area contributed by atoms with E-state index >= 15 is 0 Å². The summed E-state index contributed by atoms with van der Waals surface area (Å²) in [5.74, 6) is 1.07. The summed E-state index contributed by atoms with van der Waals surface area (Å²) in [7, 11) is 0. The molecule has 0 amide bonds. The minimum absolute atomic E-state index is 0.257. The molecule has 1 unspecified atom stereocenters. The fourth-order valence-electron chi connectivity index (χ4n) is 1.88. The van der Waals surface area contributed by atoms with Crippen LogP contribution in [0.2, 0.25) is 5.22 Å². The first-order valence-electron chi connectivity index (χ1n) is 6.55. The van der Waals surface area contributed by atoms with Crippen LogP contribution in [0.15, 0.2) is 21.1 Å². The van der Waals surface area contributed by atoms with Crippen molar-refractivity contribution in [1.29, 1.82) is 0 Å². The van der Waals surface area contributed by atoms with Crippen LogP contribution in [-0.4, -0.2) is 22.9 Å². The van der Waals surface area contributed by atoms with Crippen LogP contribution < -0.4 is 5.73 Å². The van der Waals surface area contributed by atoms with Gasteiger partial charge in [-0.3, -0.25) is 0 Å². The van der Waals surface area contributed by atoms with Gasteiger partial charge in [-0.1, -0.05) is 5.16 Å². The Balaban J connectivity index is 1.71. The summed E-state index contributed by atoms with van der Waals surface area (Å²) >= 11 is 5.71. The standard InChI is InChI=1S/C13H16ClN3O3/c1-13(15,7-18-8-3-2-4-8)12-16-11(20-17-12)9-5-6-10(14)19-9/h5-6,8H,2-4,7,15H2,1H3. The zero-order chi connectivity index (χ0) is 14.2. The summed E-state index contributed by atoms with van der Waals surface area (Å²) in [6.45, 7) is 2.17. The average molecular weight is 298 g/mol. The van der Waals surface area contributed by atoms with Crippen LogP contribution >= 0.6 is 11.6 Å². The average Bonchev–Trinajstić information content (AvgIpc) is 2.94. The summed E-state index contributed by atoms with van der Waals surface area (Å²) in [6.07, 6.45) is 3.72. The molecule has 3 rings (SSSR count). The summed E-state index contributed by atoms with van der Waals surface area (Å²) < 4.78 is 16.1. The van der Waals surface area contributed by atoms with E-state index in [0.717, 1.165) is 12.8 Å². The molecular formula is C13H16ClN3O3. The number of rotatable bonds is 5. The number of hydrogen-bond acceptors (Lipinski definition) is 6. The fourth-order valence-corrected chi connectivity index (χ4v) is 2.02. The van der Waals surface area contributed by atoms with Crippen LogP contribution in [0.3, 0.4) is 0 Å². The summed E-state index contributed by atoms with van der Waals surface area (Å²) in [5, 5.41) is 4.17. The molecule has 1 atom stereocenters. The normalized spacial score (nSPS) is 18.8. The Morgan fingerprint density at radius 1 is 1.50 bits per heavy atom. The number of aromatic nitrogens is 2. The van der Waals surface area contributed by atoms with E-state index in [9.17, 15) is 0 Å². The Morgan fingerprint density at radius 2 is 2.30 bits per heavy atom. The molecule has 108 valence electrons. The number of furan rings is 1. The molecular weight excluding hydrogens is 282 g/mol. The van der Waals surface area contributed by atoms with Gasteiger partial charge in [0.2, 0.25) is 0 Å². The maximum atomic E-state index is 6.20. The van der Waals surface area contributed by atoms with Crippen molar-refractivity contribution in [3.8, 4) is 11.7 Å². The summed E-state index contributed by atoms with van der Waals surface area (Å²) in [6, 6.07) is 3.28. The molecule has 6 nitrogen and oxygen atoms in total. The highest BCUT2D eigenvalue weighted by Gasteiger charge is 2.31. The Kier molecular flexibility index (Phi) is 3.54. The lowest BCUT2D eigenvalue weighted by molar-refractivity contribution is -0.0222. The quantitative estimate of drug-likeness (QED) is 0.913. The van der Waals surface area contributed by atoms with Gasteiger partial charge < -0.3 is 19.4 Å². The molecule has 2 aromatic rings. The molecule has 1 fully saturated rings. The molecule has 2 heterocycles. The highest BCUT2D eigenvalue weighted by molar-refractivity contribution is 6.28. The van der Waals surface area contributed by atoms with E-state index in [1.165, 1.54) is 6.42 Å². The number of nitrogens with two attached hydrogens (primary N) is 1. The van der Waals surface area contributed by atoms with Crippen LogP contribution in [0, 0.1) is 0 Å². The molecule has 0 bridgehead atoms. The molecule has 2 aromatic heterocycles. The predicted molar refractivity (Wildman–Crippen MR) is 72.1 cm³/mol. The van der Waals surface area contributed by atoms with E-state index in [4.69, 9.17) is 31.0 Å². The lowest BCUT2D eigenvalue weighted by Crippen LogP contribution is -2.41. The van der Waals surface area contributed by atoms with E-state index in [0.29, 0.717) is 24.3 Å². The predicted octanol–water partition coefficient (Wildman–Crippen LogP) is 2.73. The van der Waals surface area contributed by atoms with Gasteiger partial charge in [0.15, 0.2) is 16.8 Å². The van der Waals surface area contributed by atoms with Gasteiger partial charge in [-0.05, 0) is 49.9 Å². The third kappa shape index (κ3) is 2.72. The SMILES string of the molecule is CC(N)(COC1CCC1)c1noc(-c2ccc(Cl)o2)n1. The van der Waals surface area contributed by atoms with E-state index in [1.54, 1.807) is 12.1 Å².